The van der Waals surface area contributed by atoms with E-state index < -0.39 is 0 Å². The zero-order valence-electron chi connectivity index (χ0n) is 34.5. The number of para-hydroxylation sites is 4. The van der Waals surface area contributed by atoms with Crippen molar-refractivity contribution in [2.45, 2.75) is 0 Å². The maximum absolute atomic E-state index is 2.45. The van der Waals surface area contributed by atoms with E-state index >= 15 is 0 Å². The molecule has 12 aromatic rings. The van der Waals surface area contributed by atoms with Crippen LogP contribution in [0.5, 0.6) is 0 Å². The van der Waals surface area contributed by atoms with E-state index in [-0.39, 0.29) is 0 Å². The van der Waals surface area contributed by atoms with Gasteiger partial charge in [-0.2, -0.15) is 0 Å². The van der Waals surface area contributed by atoms with Gasteiger partial charge in [0.05, 0.1) is 27.8 Å². The van der Waals surface area contributed by atoms with E-state index in [0.717, 1.165) is 50.6 Å². The van der Waals surface area contributed by atoms with Crippen LogP contribution in [0.15, 0.2) is 249 Å². The van der Waals surface area contributed by atoms with Gasteiger partial charge in [-0.05, 0) is 107 Å². The Balaban J connectivity index is 1.13. The minimum atomic E-state index is 1.07. The molecule has 10 aromatic carbocycles. The second kappa shape index (κ2) is 15.3. The Morgan fingerprint density at radius 3 is 1.25 bits per heavy atom. The van der Waals surface area contributed by atoms with Crippen molar-refractivity contribution >= 4 is 60.7 Å². The Morgan fingerprint density at radius 1 is 0.254 bits per heavy atom. The molecule has 0 amide bonds. The quantitative estimate of drug-likeness (QED) is 0.149. The van der Waals surface area contributed by atoms with E-state index in [4.69, 9.17) is 0 Å². The van der Waals surface area contributed by atoms with Crippen molar-refractivity contribution in [3.63, 3.8) is 0 Å². The van der Waals surface area contributed by atoms with Gasteiger partial charge in [-0.3, -0.25) is 0 Å². The average Bonchev–Trinajstić information content (AvgIpc) is 3.87. The second-order valence-corrected chi connectivity index (χ2v) is 16.2. The molecule has 0 radical (unpaired) electrons. The standard InChI is InChI=1S/C60H41N3/c1-5-17-42(18-6-1)44-29-33-49(34-30-44)61(50-35-37-54-52-26-14-16-28-57(52)63(60(54)41-50)48-23-11-4-12-24-48)58-38-32-45(43-19-7-2-8-20-43)39-55(58)46-31-36-53-51-25-13-15-27-56(51)62(59(53)40-46)47-21-9-3-10-22-47/h1-41H. The fraction of sp³-hybridized carbons (Fsp3) is 0. The van der Waals surface area contributed by atoms with Crippen molar-refractivity contribution in [2.75, 3.05) is 4.90 Å². The highest BCUT2D eigenvalue weighted by Gasteiger charge is 2.22. The number of rotatable bonds is 8. The SMILES string of the molecule is c1ccc(-c2ccc(N(c3ccc4c5ccccc5n(-c5ccccc5)c4c3)c3ccc(-c4ccccc4)cc3-c3ccc4c5ccccc5n(-c5ccccc5)c4c3)cc2)cc1. The monoisotopic (exact) mass is 803 g/mol. The van der Waals surface area contributed by atoms with E-state index in [1.165, 1.54) is 54.8 Å². The van der Waals surface area contributed by atoms with Gasteiger partial charge in [0.1, 0.15) is 0 Å². The highest BCUT2D eigenvalue weighted by atomic mass is 15.1. The molecule has 2 heterocycles. The maximum atomic E-state index is 2.45. The number of hydrogen-bond acceptors (Lipinski definition) is 1. The molecule has 3 nitrogen and oxygen atoms in total. The Labute approximate surface area is 366 Å². The van der Waals surface area contributed by atoms with Gasteiger partial charge >= 0.3 is 0 Å². The lowest BCUT2D eigenvalue weighted by molar-refractivity contribution is 1.18. The van der Waals surface area contributed by atoms with Crippen LogP contribution in [0.4, 0.5) is 17.1 Å². The summed E-state index contributed by atoms with van der Waals surface area (Å²) in [7, 11) is 0. The van der Waals surface area contributed by atoms with Crippen molar-refractivity contribution in [3.05, 3.63) is 249 Å². The van der Waals surface area contributed by atoms with Crippen molar-refractivity contribution in [1.29, 1.82) is 0 Å². The summed E-state index contributed by atoms with van der Waals surface area (Å²) >= 11 is 0. The van der Waals surface area contributed by atoms with E-state index in [1.54, 1.807) is 0 Å². The molecule has 0 saturated heterocycles. The molecule has 63 heavy (non-hydrogen) atoms. The van der Waals surface area contributed by atoms with Crippen molar-refractivity contribution in [1.82, 2.24) is 9.13 Å². The molecule has 0 aliphatic rings. The minimum absolute atomic E-state index is 1.07. The maximum Gasteiger partial charge on any atom is 0.0561 e. The second-order valence-electron chi connectivity index (χ2n) is 16.2. The topological polar surface area (TPSA) is 13.1 Å². The molecule has 3 heteroatoms. The minimum Gasteiger partial charge on any atom is -0.310 e. The molecule has 0 aliphatic carbocycles. The van der Waals surface area contributed by atoms with Gasteiger partial charge in [0.15, 0.2) is 0 Å². The van der Waals surface area contributed by atoms with Crippen LogP contribution >= 0.6 is 0 Å². The summed E-state index contributed by atoms with van der Waals surface area (Å²) in [4.78, 5) is 2.45. The van der Waals surface area contributed by atoms with Gasteiger partial charge in [0.2, 0.25) is 0 Å². The molecule has 0 fully saturated rings. The fourth-order valence-electron chi connectivity index (χ4n) is 9.58. The third-order valence-corrected chi connectivity index (χ3v) is 12.5. The summed E-state index contributed by atoms with van der Waals surface area (Å²) < 4.78 is 4.81. The van der Waals surface area contributed by atoms with Gasteiger partial charge < -0.3 is 14.0 Å². The van der Waals surface area contributed by atoms with E-state index in [1.807, 2.05) is 0 Å². The first-order valence-electron chi connectivity index (χ1n) is 21.6. The van der Waals surface area contributed by atoms with Crippen molar-refractivity contribution in [2.24, 2.45) is 0 Å². The molecule has 296 valence electrons. The van der Waals surface area contributed by atoms with E-state index in [9.17, 15) is 0 Å². The van der Waals surface area contributed by atoms with E-state index in [2.05, 4.69) is 263 Å². The van der Waals surface area contributed by atoms with Gasteiger partial charge in [0, 0.05) is 49.9 Å². The first kappa shape index (κ1) is 36.5. The molecule has 0 N–H and O–H groups in total. The van der Waals surface area contributed by atoms with Crippen LogP contribution < -0.4 is 4.90 Å². The number of benzene rings is 10. The van der Waals surface area contributed by atoms with Crippen molar-refractivity contribution in [3.8, 4) is 44.8 Å². The van der Waals surface area contributed by atoms with Crippen LogP contribution in [0.25, 0.3) is 88.4 Å². The highest BCUT2D eigenvalue weighted by molar-refractivity contribution is 6.12. The zero-order valence-corrected chi connectivity index (χ0v) is 34.5. The number of nitrogens with zero attached hydrogens (tertiary/aromatic N) is 3. The first-order chi connectivity index (χ1) is 31.3. The van der Waals surface area contributed by atoms with Crippen LogP contribution in [0.1, 0.15) is 0 Å². The van der Waals surface area contributed by atoms with Gasteiger partial charge in [-0.15, -0.1) is 0 Å². The number of hydrogen-bond donors (Lipinski definition) is 0. The molecule has 12 rings (SSSR count). The third-order valence-electron chi connectivity index (χ3n) is 12.5. The predicted molar refractivity (Wildman–Crippen MR) is 266 cm³/mol. The molecule has 2 aromatic heterocycles. The van der Waals surface area contributed by atoms with Crippen LogP contribution in [-0.4, -0.2) is 9.13 Å². The Hall–Kier alpha value is -8.40. The summed E-state index contributed by atoms with van der Waals surface area (Å²) in [6.07, 6.45) is 0. The summed E-state index contributed by atoms with van der Waals surface area (Å²) in [6.45, 7) is 0. The zero-order chi connectivity index (χ0) is 41.7. The average molecular weight is 804 g/mol. The third kappa shape index (κ3) is 6.29. The molecule has 0 aliphatic heterocycles. The van der Waals surface area contributed by atoms with Gasteiger partial charge in [0.25, 0.3) is 0 Å². The Kier molecular flexibility index (Phi) is 8.83. The number of fused-ring (bicyclic) bond motifs is 6. The smallest absolute Gasteiger partial charge is 0.0561 e. The van der Waals surface area contributed by atoms with E-state index in [0.29, 0.717) is 0 Å². The van der Waals surface area contributed by atoms with Crippen LogP contribution in [0, 0.1) is 0 Å². The van der Waals surface area contributed by atoms with Crippen LogP contribution in [0.2, 0.25) is 0 Å². The largest absolute Gasteiger partial charge is 0.310 e. The normalized spacial score (nSPS) is 11.5. The van der Waals surface area contributed by atoms with Crippen LogP contribution in [-0.2, 0) is 0 Å². The molecule has 0 saturated carbocycles. The summed E-state index contributed by atoms with van der Waals surface area (Å²) in [6, 6.07) is 90.3. The highest BCUT2D eigenvalue weighted by Crippen LogP contribution is 2.46. The molecular formula is C60H41N3. The number of aromatic nitrogens is 2. The first-order valence-corrected chi connectivity index (χ1v) is 21.6. The van der Waals surface area contributed by atoms with Crippen molar-refractivity contribution < 1.29 is 0 Å². The fourth-order valence-corrected chi connectivity index (χ4v) is 9.58. The molecular weight excluding hydrogens is 763 g/mol. The summed E-state index contributed by atoms with van der Waals surface area (Å²) in [5.41, 5.74) is 17.2. The lowest BCUT2D eigenvalue weighted by Crippen LogP contribution is -2.11. The van der Waals surface area contributed by atoms with Crippen LogP contribution in [0.3, 0.4) is 0 Å². The predicted octanol–water partition coefficient (Wildman–Crippen LogP) is 16.4. The lowest BCUT2D eigenvalue weighted by atomic mass is 9.95. The molecule has 0 atom stereocenters. The molecule has 0 unspecified atom stereocenters. The Morgan fingerprint density at radius 2 is 0.667 bits per heavy atom. The summed E-state index contributed by atoms with van der Waals surface area (Å²) in [5, 5.41) is 4.92. The lowest BCUT2D eigenvalue weighted by Gasteiger charge is -2.29. The van der Waals surface area contributed by atoms with Gasteiger partial charge in [-0.1, -0.05) is 170 Å². The molecule has 0 spiro atoms. The van der Waals surface area contributed by atoms with Gasteiger partial charge in [-0.25, -0.2) is 0 Å². The Bertz CT molecular complexity index is 3590. The number of anilines is 3. The summed E-state index contributed by atoms with van der Waals surface area (Å²) in [5.74, 6) is 0. The molecule has 0 bridgehead atoms.